The molecule has 0 spiro atoms. The lowest BCUT2D eigenvalue weighted by molar-refractivity contribution is -0.0626. The van der Waals surface area contributed by atoms with Gasteiger partial charge in [0.2, 0.25) is 0 Å². The molecule has 0 aliphatic heterocycles. The highest BCUT2D eigenvalue weighted by atomic mass is 79.9. The normalized spacial score (nSPS) is 17.8. The fourth-order valence-corrected chi connectivity index (χ4v) is 2.65. The van der Waals surface area contributed by atoms with Crippen molar-refractivity contribution in [1.82, 2.24) is 0 Å². The molecule has 0 bridgehead atoms. The van der Waals surface area contributed by atoms with Crippen LogP contribution in [-0.4, -0.2) is 21.9 Å². The lowest BCUT2D eigenvalue weighted by Crippen LogP contribution is -2.39. The molecule has 14 heavy (non-hydrogen) atoms. The fourth-order valence-electron chi connectivity index (χ4n) is 1.10. The summed E-state index contributed by atoms with van der Waals surface area (Å²) in [5.41, 5.74) is -0.997. The molecular weight excluding hydrogens is 264 g/mol. The van der Waals surface area contributed by atoms with Crippen molar-refractivity contribution in [2.24, 2.45) is 0 Å². The van der Waals surface area contributed by atoms with Crippen molar-refractivity contribution in [1.29, 1.82) is 0 Å². The van der Waals surface area contributed by atoms with E-state index in [0.717, 1.165) is 9.35 Å². The minimum Gasteiger partial charge on any atom is -0.390 e. The number of rotatable bonds is 4. The van der Waals surface area contributed by atoms with E-state index in [1.807, 2.05) is 18.4 Å². The number of hydrogen-bond acceptors (Lipinski definition) is 3. The third-order valence-electron chi connectivity index (χ3n) is 2.50. The van der Waals surface area contributed by atoms with Crippen molar-refractivity contribution in [2.75, 3.05) is 0 Å². The third-order valence-corrected chi connectivity index (χ3v) is 4.45. The highest BCUT2D eigenvalue weighted by Crippen LogP contribution is 2.27. The van der Waals surface area contributed by atoms with Crippen LogP contribution in [0, 0.1) is 0 Å². The second-order valence-corrected chi connectivity index (χ2v) is 5.48. The zero-order chi connectivity index (χ0) is 10.8. The van der Waals surface area contributed by atoms with E-state index in [0.29, 0.717) is 12.8 Å². The molecule has 0 aliphatic carbocycles. The molecule has 2 atom stereocenters. The van der Waals surface area contributed by atoms with Crippen molar-refractivity contribution in [3.8, 4) is 0 Å². The van der Waals surface area contributed by atoms with Crippen molar-refractivity contribution >= 4 is 27.3 Å². The summed E-state index contributed by atoms with van der Waals surface area (Å²) in [5.74, 6) is 0. The zero-order valence-corrected chi connectivity index (χ0v) is 10.7. The monoisotopic (exact) mass is 278 g/mol. The summed E-state index contributed by atoms with van der Waals surface area (Å²) >= 11 is 4.99. The Morgan fingerprint density at radius 3 is 2.71 bits per heavy atom. The van der Waals surface area contributed by atoms with Crippen LogP contribution in [0.4, 0.5) is 0 Å². The first-order valence-corrected chi connectivity index (χ1v) is 6.27. The predicted molar refractivity (Wildman–Crippen MR) is 62.6 cm³/mol. The van der Waals surface area contributed by atoms with Gasteiger partial charge in [-0.1, -0.05) is 6.92 Å². The first-order valence-electron chi connectivity index (χ1n) is 4.59. The molecule has 1 heterocycles. The molecule has 4 heteroatoms. The van der Waals surface area contributed by atoms with E-state index in [4.69, 9.17) is 0 Å². The van der Waals surface area contributed by atoms with E-state index in [9.17, 15) is 10.2 Å². The summed E-state index contributed by atoms with van der Waals surface area (Å²) in [6.07, 6.45) is 0.346. The summed E-state index contributed by atoms with van der Waals surface area (Å²) < 4.78 is 1.01. The Morgan fingerprint density at radius 2 is 2.29 bits per heavy atom. The van der Waals surface area contributed by atoms with Crippen LogP contribution in [0.15, 0.2) is 15.9 Å². The number of aliphatic hydroxyl groups is 2. The van der Waals surface area contributed by atoms with Gasteiger partial charge < -0.3 is 10.2 Å². The lowest BCUT2D eigenvalue weighted by Gasteiger charge is -2.27. The quantitative estimate of drug-likeness (QED) is 0.889. The van der Waals surface area contributed by atoms with Crippen LogP contribution in [0.2, 0.25) is 0 Å². The van der Waals surface area contributed by atoms with Gasteiger partial charge in [-0.2, -0.15) is 0 Å². The average molecular weight is 279 g/mol. The van der Waals surface area contributed by atoms with Crippen LogP contribution in [0.3, 0.4) is 0 Å². The van der Waals surface area contributed by atoms with E-state index in [1.165, 1.54) is 0 Å². The van der Waals surface area contributed by atoms with Gasteiger partial charge in [-0.3, -0.25) is 0 Å². The number of thiophene rings is 1. The van der Waals surface area contributed by atoms with Gasteiger partial charge in [0.05, 0.1) is 11.7 Å². The Morgan fingerprint density at radius 1 is 1.64 bits per heavy atom. The minimum absolute atomic E-state index is 0.499. The van der Waals surface area contributed by atoms with Crippen LogP contribution in [0.1, 0.15) is 25.1 Å². The number of hydrogen-bond donors (Lipinski definition) is 2. The summed E-state index contributed by atoms with van der Waals surface area (Å²) in [6.45, 7) is 3.53. The SMILES string of the molecule is CCC(C)(O)C(O)Cc1sccc1Br. The number of aliphatic hydroxyl groups excluding tert-OH is 1. The van der Waals surface area contributed by atoms with Gasteiger partial charge in [0.1, 0.15) is 0 Å². The van der Waals surface area contributed by atoms with Crippen molar-refractivity contribution in [2.45, 2.75) is 38.4 Å². The maximum atomic E-state index is 9.82. The average Bonchev–Trinajstić information content (AvgIpc) is 2.52. The summed E-state index contributed by atoms with van der Waals surface area (Å²) in [4.78, 5) is 1.08. The van der Waals surface area contributed by atoms with Gasteiger partial charge in [-0.05, 0) is 40.7 Å². The topological polar surface area (TPSA) is 40.5 Å². The second-order valence-electron chi connectivity index (χ2n) is 3.62. The van der Waals surface area contributed by atoms with E-state index < -0.39 is 11.7 Å². The fraction of sp³-hybridized carbons (Fsp3) is 0.600. The maximum absolute atomic E-state index is 9.82. The molecule has 0 amide bonds. The Balaban J connectivity index is 2.66. The Hall–Kier alpha value is 0.100. The minimum atomic E-state index is -0.997. The van der Waals surface area contributed by atoms with Crippen molar-refractivity contribution in [3.63, 3.8) is 0 Å². The van der Waals surface area contributed by atoms with E-state index in [1.54, 1.807) is 18.3 Å². The number of halogens is 1. The molecule has 2 nitrogen and oxygen atoms in total. The molecule has 2 N–H and O–H groups in total. The molecule has 0 saturated carbocycles. The van der Waals surface area contributed by atoms with Gasteiger partial charge in [0.25, 0.3) is 0 Å². The third kappa shape index (κ3) is 2.79. The first-order chi connectivity index (χ1) is 6.47. The van der Waals surface area contributed by atoms with E-state index in [-0.39, 0.29) is 0 Å². The van der Waals surface area contributed by atoms with E-state index in [2.05, 4.69) is 15.9 Å². The maximum Gasteiger partial charge on any atom is 0.0878 e. The predicted octanol–water partition coefficient (Wildman–Crippen LogP) is 2.58. The largest absolute Gasteiger partial charge is 0.390 e. The van der Waals surface area contributed by atoms with Crippen LogP contribution in [-0.2, 0) is 6.42 Å². The van der Waals surface area contributed by atoms with Crippen LogP contribution >= 0.6 is 27.3 Å². The van der Waals surface area contributed by atoms with Gasteiger partial charge in [-0.15, -0.1) is 11.3 Å². The molecular formula is C10H15BrO2S. The molecule has 0 radical (unpaired) electrons. The van der Waals surface area contributed by atoms with Crippen LogP contribution in [0.25, 0.3) is 0 Å². The zero-order valence-electron chi connectivity index (χ0n) is 8.33. The van der Waals surface area contributed by atoms with Gasteiger partial charge in [0.15, 0.2) is 0 Å². The lowest BCUT2D eigenvalue weighted by atomic mass is 9.93. The Kier molecular flexibility index (Phi) is 4.13. The van der Waals surface area contributed by atoms with Gasteiger partial charge >= 0.3 is 0 Å². The first kappa shape index (κ1) is 12.2. The van der Waals surface area contributed by atoms with Gasteiger partial charge in [-0.25, -0.2) is 0 Å². The molecule has 0 aromatic carbocycles. The highest BCUT2D eigenvalue weighted by Gasteiger charge is 2.28. The van der Waals surface area contributed by atoms with Crippen LogP contribution < -0.4 is 0 Å². The molecule has 0 aliphatic rings. The van der Waals surface area contributed by atoms with Crippen molar-refractivity contribution < 1.29 is 10.2 Å². The summed E-state index contributed by atoms with van der Waals surface area (Å²) in [6, 6.07) is 1.95. The molecule has 1 aromatic heterocycles. The smallest absolute Gasteiger partial charge is 0.0878 e. The Bertz CT molecular complexity index is 296. The highest BCUT2D eigenvalue weighted by molar-refractivity contribution is 9.10. The van der Waals surface area contributed by atoms with Crippen molar-refractivity contribution in [3.05, 3.63) is 20.8 Å². The molecule has 0 fully saturated rings. The molecule has 80 valence electrons. The Labute approximate surface area is 96.7 Å². The molecule has 1 aromatic rings. The summed E-state index contributed by atoms with van der Waals surface area (Å²) in [7, 11) is 0. The van der Waals surface area contributed by atoms with Gasteiger partial charge in [0, 0.05) is 15.8 Å². The molecule has 0 saturated heterocycles. The van der Waals surface area contributed by atoms with E-state index >= 15 is 0 Å². The standard InChI is InChI=1S/C10H15BrO2S/c1-3-10(2,13)9(12)6-8-7(11)4-5-14-8/h4-5,9,12-13H,3,6H2,1-2H3. The summed E-state index contributed by atoms with van der Waals surface area (Å²) in [5, 5.41) is 21.6. The second kappa shape index (κ2) is 4.75. The molecule has 2 unspecified atom stereocenters. The molecule has 1 rings (SSSR count). The van der Waals surface area contributed by atoms with Crippen LogP contribution in [0.5, 0.6) is 0 Å².